The van der Waals surface area contributed by atoms with Gasteiger partial charge in [-0.1, -0.05) is 18.2 Å². The van der Waals surface area contributed by atoms with Crippen molar-refractivity contribution in [1.82, 2.24) is 4.90 Å². The van der Waals surface area contributed by atoms with E-state index in [-0.39, 0.29) is 0 Å². The van der Waals surface area contributed by atoms with Gasteiger partial charge in [0, 0.05) is 62.6 Å². The smallest absolute Gasteiger partial charge is 0.162 e. The number of fused-ring (bicyclic) bond motifs is 1. The maximum atomic E-state index is 5.57. The molecule has 0 spiro atoms. The van der Waals surface area contributed by atoms with Crippen molar-refractivity contribution in [3.05, 3.63) is 48.0 Å². The number of hydrogen-bond acceptors (Lipinski definition) is 5. The largest absolute Gasteiger partial charge is 0.493 e. The first kappa shape index (κ1) is 19.9. The van der Waals surface area contributed by atoms with Crippen molar-refractivity contribution in [2.75, 3.05) is 63.8 Å². The van der Waals surface area contributed by atoms with E-state index in [2.05, 4.69) is 71.1 Å². The van der Waals surface area contributed by atoms with Crippen LogP contribution in [0.1, 0.15) is 24.8 Å². The second-order valence-electron chi connectivity index (χ2n) is 8.18. The minimum atomic E-state index is 0.479. The van der Waals surface area contributed by atoms with E-state index in [1.54, 1.807) is 14.2 Å². The lowest BCUT2D eigenvalue weighted by Crippen LogP contribution is -2.47. The number of ether oxygens (including phenoxy) is 2. The zero-order chi connectivity index (χ0) is 20.4. The third kappa shape index (κ3) is 3.88. The highest BCUT2D eigenvalue weighted by Crippen LogP contribution is 2.46. The average Bonchev–Trinajstić information content (AvgIpc) is 3.01. The number of piperazine rings is 1. The number of hydrogen-bond donors (Lipinski definition) is 0. The first-order valence-corrected chi connectivity index (χ1v) is 10.6. The Balaban J connectivity index is 1.40. The number of methoxy groups -OCH3 is 2. The molecule has 5 nitrogen and oxygen atoms in total. The molecule has 0 aliphatic carbocycles. The molecule has 0 N–H and O–H groups in total. The Morgan fingerprint density at radius 3 is 2.24 bits per heavy atom. The number of anilines is 2. The molecular formula is C24H33N3O2. The van der Waals surface area contributed by atoms with Crippen LogP contribution in [0.2, 0.25) is 0 Å². The average molecular weight is 396 g/mol. The molecule has 1 saturated heterocycles. The van der Waals surface area contributed by atoms with Gasteiger partial charge >= 0.3 is 0 Å². The summed E-state index contributed by atoms with van der Waals surface area (Å²) in [5.74, 6) is 2.15. The van der Waals surface area contributed by atoms with E-state index in [1.807, 2.05) is 0 Å². The summed E-state index contributed by atoms with van der Waals surface area (Å²) in [5.41, 5.74) is 4.00. The maximum absolute atomic E-state index is 5.57. The van der Waals surface area contributed by atoms with Crippen LogP contribution in [0.15, 0.2) is 42.5 Å². The highest BCUT2D eigenvalue weighted by Gasteiger charge is 2.35. The van der Waals surface area contributed by atoms with Crippen LogP contribution in [-0.2, 0) is 0 Å². The van der Waals surface area contributed by atoms with Crippen LogP contribution in [0.4, 0.5) is 11.4 Å². The number of para-hydroxylation sites is 1. The highest BCUT2D eigenvalue weighted by molar-refractivity contribution is 5.67. The molecule has 0 amide bonds. The molecule has 0 unspecified atom stereocenters. The van der Waals surface area contributed by atoms with E-state index in [1.165, 1.54) is 23.4 Å². The SMILES string of the molecule is COc1cc2c(cc1OC)N(C)[C@@H](C)[C@H]2CCN1CCN(c2ccccc2)CC1. The third-order valence-corrected chi connectivity index (χ3v) is 6.76. The summed E-state index contributed by atoms with van der Waals surface area (Å²) < 4.78 is 11.1. The van der Waals surface area contributed by atoms with Gasteiger partial charge in [-0.05, 0) is 43.7 Å². The Kier molecular flexibility index (Phi) is 5.86. The third-order valence-electron chi connectivity index (χ3n) is 6.76. The van der Waals surface area contributed by atoms with E-state index in [0.29, 0.717) is 12.0 Å². The molecule has 2 aromatic carbocycles. The summed E-state index contributed by atoms with van der Waals surface area (Å²) in [6, 6.07) is 15.6. The molecule has 1 fully saturated rings. The number of benzene rings is 2. The second-order valence-corrected chi connectivity index (χ2v) is 8.18. The Morgan fingerprint density at radius 2 is 1.59 bits per heavy atom. The van der Waals surface area contributed by atoms with Crippen molar-refractivity contribution in [3.63, 3.8) is 0 Å². The first-order chi connectivity index (χ1) is 14.1. The van der Waals surface area contributed by atoms with Gasteiger partial charge in [-0.25, -0.2) is 0 Å². The van der Waals surface area contributed by atoms with Gasteiger partial charge < -0.3 is 19.3 Å². The van der Waals surface area contributed by atoms with Gasteiger partial charge in [0.25, 0.3) is 0 Å². The van der Waals surface area contributed by atoms with Gasteiger partial charge in [-0.3, -0.25) is 4.90 Å². The minimum absolute atomic E-state index is 0.479. The zero-order valence-electron chi connectivity index (χ0n) is 18.1. The van der Waals surface area contributed by atoms with Crippen LogP contribution in [-0.4, -0.2) is 64.9 Å². The summed E-state index contributed by atoms with van der Waals surface area (Å²) in [7, 11) is 5.61. The molecule has 0 aromatic heterocycles. The predicted molar refractivity (Wildman–Crippen MR) is 120 cm³/mol. The standard InChI is InChI=1S/C24H33N3O2/c1-18-20(21-16-23(28-3)24(29-4)17-22(21)25(18)2)10-11-26-12-14-27(15-13-26)19-8-6-5-7-9-19/h5-9,16-18,20H,10-15H2,1-4H3/t18-,20+/m0/s1. The molecule has 0 bridgehead atoms. The Bertz CT molecular complexity index is 818. The van der Waals surface area contributed by atoms with Gasteiger partial charge in [0.2, 0.25) is 0 Å². The molecule has 2 aromatic rings. The molecule has 156 valence electrons. The summed E-state index contributed by atoms with van der Waals surface area (Å²) in [6.07, 6.45) is 1.17. The van der Waals surface area contributed by atoms with Gasteiger partial charge in [-0.2, -0.15) is 0 Å². The second kappa shape index (κ2) is 8.54. The Labute approximate surface area is 174 Å². The van der Waals surface area contributed by atoms with Gasteiger partial charge in [-0.15, -0.1) is 0 Å². The number of nitrogens with zero attached hydrogens (tertiary/aromatic N) is 3. The van der Waals surface area contributed by atoms with Crippen molar-refractivity contribution in [2.24, 2.45) is 0 Å². The lowest BCUT2D eigenvalue weighted by atomic mass is 9.92. The number of likely N-dealkylation sites (N-methyl/N-ethyl adjacent to an activating group) is 1. The van der Waals surface area contributed by atoms with Gasteiger partial charge in [0.15, 0.2) is 11.5 Å². The van der Waals surface area contributed by atoms with E-state index in [9.17, 15) is 0 Å². The molecule has 2 aliphatic rings. The fourth-order valence-electron chi connectivity index (χ4n) is 4.82. The quantitative estimate of drug-likeness (QED) is 0.741. The van der Waals surface area contributed by atoms with Crippen LogP contribution >= 0.6 is 0 Å². The van der Waals surface area contributed by atoms with Crippen molar-refractivity contribution < 1.29 is 9.47 Å². The fraction of sp³-hybridized carbons (Fsp3) is 0.500. The maximum Gasteiger partial charge on any atom is 0.162 e. The summed E-state index contributed by atoms with van der Waals surface area (Å²) in [5, 5.41) is 0. The Morgan fingerprint density at radius 1 is 0.931 bits per heavy atom. The fourth-order valence-corrected chi connectivity index (χ4v) is 4.82. The zero-order valence-corrected chi connectivity index (χ0v) is 18.1. The van der Waals surface area contributed by atoms with E-state index in [4.69, 9.17) is 9.47 Å². The van der Waals surface area contributed by atoms with Gasteiger partial charge in [0.1, 0.15) is 0 Å². The molecule has 2 heterocycles. The minimum Gasteiger partial charge on any atom is -0.493 e. The molecule has 29 heavy (non-hydrogen) atoms. The van der Waals surface area contributed by atoms with Crippen LogP contribution in [0.3, 0.4) is 0 Å². The molecule has 2 atom stereocenters. The molecule has 0 saturated carbocycles. The lowest BCUT2D eigenvalue weighted by molar-refractivity contribution is 0.246. The van der Waals surface area contributed by atoms with Crippen LogP contribution < -0.4 is 19.3 Å². The molecule has 2 aliphatic heterocycles. The van der Waals surface area contributed by atoms with Crippen molar-refractivity contribution in [2.45, 2.75) is 25.3 Å². The van der Waals surface area contributed by atoms with Crippen LogP contribution in [0.25, 0.3) is 0 Å². The normalized spacial score (nSPS) is 21.9. The van der Waals surface area contributed by atoms with E-state index in [0.717, 1.165) is 44.2 Å². The molecule has 5 heteroatoms. The molecular weight excluding hydrogens is 362 g/mol. The van der Waals surface area contributed by atoms with Crippen LogP contribution in [0, 0.1) is 0 Å². The van der Waals surface area contributed by atoms with E-state index < -0.39 is 0 Å². The lowest BCUT2D eigenvalue weighted by Gasteiger charge is -2.36. The molecule has 0 radical (unpaired) electrons. The summed E-state index contributed by atoms with van der Waals surface area (Å²) >= 11 is 0. The monoisotopic (exact) mass is 395 g/mol. The van der Waals surface area contributed by atoms with Crippen LogP contribution in [0.5, 0.6) is 11.5 Å². The first-order valence-electron chi connectivity index (χ1n) is 10.6. The predicted octanol–water partition coefficient (Wildman–Crippen LogP) is 3.84. The summed E-state index contributed by atoms with van der Waals surface area (Å²) in [4.78, 5) is 7.50. The van der Waals surface area contributed by atoms with Crippen molar-refractivity contribution in [3.8, 4) is 11.5 Å². The topological polar surface area (TPSA) is 28.2 Å². The van der Waals surface area contributed by atoms with Gasteiger partial charge in [0.05, 0.1) is 14.2 Å². The van der Waals surface area contributed by atoms with Crippen molar-refractivity contribution >= 4 is 11.4 Å². The van der Waals surface area contributed by atoms with Crippen molar-refractivity contribution in [1.29, 1.82) is 0 Å². The molecule has 4 rings (SSSR count). The Hall–Kier alpha value is -2.40. The number of rotatable bonds is 6. The highest BCUT2D eigenvalue weighted by atomic mass is 16.5. The summed E-state index contributed by atoms with van der Waals surface area (Å²) in [6.45, 7) is 7.93. The van der Waals surface area contributed by atoms with E-state index >= 15 is 0 Å².